The number of nitrogens with zero attached hydrogens (tertiary/aromatic N) is 3. The first-order valence-electron chi connectivity index (χ1n) is 12.1. The molecule has 4 rings (SSSR count). The van der Waals surface area contributed by atoms with Crippen LogP contribution in [0.1, 0.15) is 48.0 Å². The number of likely N-dealkylation sites (N-methyl/N-ethyl adjacent to an activating group) is 1. The quantitative estimate of drug-likeness (QED) is 0.699. The van der Waals surface area contributed by atoms with Crippen LogP contribution in [0.25, 0.3) is 5.52 Å². The van der Waals surface area contributed by atoms with Gasteiger partial charge in [-0.25, -0.2) is 0 Å². The molecule has 178 valence electrons. The summed E-state index contributed by atoms with van der Waals surface area (Å²) < 4.78 is 1.98. The van der Waals surface area contributed by atoms with Gasteiger partial charge in [0.25, 0.3) is 5.91 Å². The second-order valence-electron chi connectivity index (χ2n) is 9.36. The summed E-state index contributed by atoms with van der Waals surface area (Å²) in [7, 11) is 1.72. The lowest BCUT2D eigenvalue weighted by molar-refractivity contribution is -0.139. The summed E-state index contributed by atoms with van der Waals surface area (Å²) in [4.78, 5) is 42.4. The monoisotopic (exact) mass is 453 g/mol. The Kier molecular flexibility index (Phi) is 7.33. The highest BCUT2D eigenvalue weighted by Crippen LogP contribution is 2.28. The van der Waals surface area contributed by atoms with E-state index in [1.54, 1.807) is 7.05 Å². The van der Waals surface area contributed by atoms with E-state index in [0.29, 0.717) is 31.7 Å². The molecule has 3 heterocycles. The second kappa shape index (κ2) is 10.4. The lowest BCUT2D eigenvalue weighted by Crippen LogP contribution is -2.58. The van der Waals surface area contributed by atoms with Crippen molar-refractivity contribution in [3.05, 3.63) is 41.7 Å². The molecule has 1 aliphatic carbocycles. The van der Waals surface area contributed by atoms with Crippen LogP contribution in [-0.4, -0.2) is 77.7 Å². The van der Waals surface area contributed by atoms with Crippen LogP contribution in [0.3, 0.4) is 0 Å². The maximum absolute atomic E-state index is 13.4. The van der Waals surface area contributed by atoms with Gasteiger partial charge in [-0.2, -0.15) is 0 Å². The Bertz CT molecular complexity index is 1000. The number of hydrogen-bond donors (Lipinski definition) is 2. The first-order chi connectivity index (χ1) is 16.0. The number of aromatic nitrogens is 1. The second-order valence-corrected chi connectivity index (χ2v) is 9.36. The van der Waals surface area contributed by atoms with Crippen molar-refractivity contribution in [2.75, 3.05) is 39.8 Å². The first kappa shape index (κ1) is 23.3. The minimum atomic E-state index is -0.479. The normalized spacial score (nSPS) is 18.4. The summed E-state index contributed by atoms with van der Waals surface area (Å²) in [5, 5.41) is 5.85. The Hall–Kier alpha value is -2.87. The Morgan fingerprint density at radius 1 is 1.00 bits per heavy atom. The molecule has 0 spiro atoms. The Balaban J connectivity index is 1.39. The third kappa shape index (κ3) is 5.38. The Morgan fingerprint density at radius 3 is 2.39 bits per heavy atom. The number of fused-ring (bicyclic) bond motifs is 1. The maximum Gasteiger partial charge on any atom is 0.255 e. The fourth-order valence-electron chi connectivity index (χ4n) is 5.12. The van der Waals surface area contributed by atoms with Crippen LogP contribution in [0.15, 0.2) is 30.6 Å². The van der Waals surface area contributed by atoms with Gasteiger partial charge in [0.2, 0.25) is 11.8 Å². The van der Waals surface area contributed by atoms with Crippen molar-refractivity contribution in [3.63, 3.8) is 0 Å². The van der Waals surface area contributed by atoms with Gasteiger partial charge in [-0.3, -0.25) is 14.4 Å². The highest BCUT2D eigenvalue weighted by molar-refractivity contribution is 5.94. The van der Waals surface area contributed by atoms with E-state index in [1.165, 1.54) is 6.42 Å². The summed E-state index contributed by atoms with van der Waals surface area (Å²) in [6.45, 7) is 4.20. The van der Waals surface area contributed by atoms with E-state index in [4.69, 9.17) is 0 Å². The molecular formula is C25H35N5O3. The van der Waals surface area contributed by atoms with Crippen LogP contribution in [0.4, 0.5) is 0 Å². The van der Waals surface area contributed by atoms with Crippen molar-refractivity contribution >= 4 is 23.2 Å². The number of rotatable bonds is 6. The average Bonchev–Trinajstić information content (AvgIpc) is 3.21. The summed E-state index contributed by atoms with van der Waals surface area (Å²) in [5.41, 5.74) is 2.87. The predicted octanol–water partition coefficient (Wildman–Crippen LogP) is 1.82. The van der Waals surface area contributed by atoms with Crippen LogP contribution < -0.4 is 10.6 Å². The number of piperazine rings is 1. The highest BCUT2D eigenvalue weighted by Gasteiger charge is 2.35. The molecule has 1 unspecified atom stereocenters. The van der Waals surface area contributed by atoms with Gasteiger partial charge in [0, 0.05) is 44.1 Å². The van der Waals surface area contributed by atoms with Crippen LogP contribution in [-0.2, 0) is 9.59 Å². The molecule has 0 aromatic carbocycles. The fourth-order valence-corrected chi connectivity index (χ4v) is 5.12. The van der Waals surface area contributed by atoms with Crippen molar-refractivity contribution in [2.24, 2.45) is 5.92 Å². The van der Waals surface area contributed by atoms with Gasteiger partial charge in [0.05, 0.1) is 12.1 Å². The first-order valence-corrected chi connectivity index (χ1v) is 12.1. The predicted molar refractivity (Wildman–Crippen MR) is 127 cm³/mol. The molecule has 1 saturated carbocycles. The van der Waals surface area contributed by atoms with E-state index in [9.17, 15) is 14.4 Å². The van der Waals surface area contributed by atoms with Gasteiger partial charge in [-0.15, -0.1) is 0 Å². The molecule has 2 aliphatic rings. The molecule has 1 aliphatic heterocycles. The third-order valence-corrected chi connectivity index (χ3v) is 6.89. The van der Waals surface area contributed by atoms with Crippen LogP contribution in [0.2, 0.25) is 0 Å². The summed E-state index contributed by atoms with van der Waals surface area (Å²) >= 11 is 0. The third-order valence-electron chi connectivity index (χ3n) is 6.89. The molecule has 2 N–H and O–H groups in total. The fraction of sp³-hybridized carbons (Fsp3) is 0.560. The van der Waals surface area contributed by atoms with E-state index in [-0.39, 0.29) is 30.2 Å². The topological polar surface area (TPSA) is 86.2 Å². The molecule has 1 saturated heterocycles. The zero-order chi connectivity index (χ0) is 23.4. The van der Waals surface area contributed by atoms with Crippen LogP contribution in [0, 0.1) is 12.8 Å². The van der Waals surface area contributed by atoms with Gasteiger partial charge < -0.3 is 24.8 Å². The smallest absolute Gasteiger partial charge is 0.255 e. The zero-order valence-electron chi connectivity index (χ0n) is 19.7. The number of aryl methyl sites for hydroxylation is 1. The number of nitrogens with one attached hydrogen (secondary N) is 2. The number of hydrogen-bond acceptors (Lipinski definition) is 4. The number of carbonyl (C=O) groups excluding carboxylic acids is 3. The van der Waals surface area contributed by atoms with Gasteiger partial charge in [-0.05, 0) is 56.5 Å². The largest absolute Gasteiger partial charge is 0.343 e. The molecule has 2 aromatic rings. The van der Waals surface area contributed by atoms with Crippen molar-refractivity contribution < 1.29 is 14.4 Å². The lowest BCUT2D eigenvalue weighted by Gasteiger charge is -2.39. The Morgan fingerprint density at radius 2 is 1.70 bits per heavy atom. The van der Waals surface area contributed by atoms with E-state index in [2.05, 4.69) is 16.7 Å². The molecular weight excluding hydrogens is 418 g/mol. The number of amides is 3. The highest BCUT2D eigenvalue weighted by atomic mass is 16.2. The van der Waals surface area contributed by atoms with Gasteiger partial charge in [0.1, 0.15) is 6.04 Å². The minimum absolute atomic E-state index is 0.0114. The van der Waals surface area contributed by atoms with Crippen molar-refractivity contribution in [3.8, 4) is 0 Å². The van der Waals surface area contributed by atoms with Crippen molar-refractivity contribution in [1.29, 1.82) is 0 Å². The molecule has 8 heteroatoms. The number of pyridine rings is 1. The van der Waals surface area contributed by atoms with Gasteiger partial charge >= 0.3 is 0 Å². The van der Waals surface area contributed by atoms with E-state index in [1.807, 2.05) is 45.7 Å². The van der Waals surface area contributed by atoms with Crippen molar-refractivity contribution in [2.45, 2.75) is 45.1 Å². The molecule has 8 nitrogen and oxygen atoms in total. The summed E-state index contributed by atoms with van der Waals surface area (Å²) in [6, 6.07) is 5.43. The maximum atomic E-state index is 13.4. The van der Waals surface area contributed by atoms with E-state index in [0.717, 1.165) is 36.8 Å². The summed E-state index contributed by atoms with van der Waals surface area (Å²) in [5.74, 6) is 0.0125. The molecule has 0 radical (unpaired) electrons. The van der Waals surface area contributed by atoms with Gasteiger partial charge in [-0.1, -0.05) is 19.3 Å². The average molecular weight is 454 g/mol. The molecule has 33 heavy (non-hydrogen) atoms. The van der Waals surface area contributed by atoms with Crippen LogP contribution in [0.5, 0.6) is 0 Å². The van der Waals surface area contributed by atoms with Crippen molar-refractivity contribution in [1.82, 2.24) is 24.8 Å². The van der Waals surface area contributed by atoms with Gasteiger partial charge in [0.15, 0.2) is 0 Å². The Labute approximate surface area is 195 Å². The number of carbonyl (C=O) groups is 3. The van der Waals surface area contributed by atoms with E-state index >= 15 is 0 Å². The molecule has 0 bridgehead atoms. The molecule has 2 aromatic heterocycles. The van der Waals surface area contributed by atoms with E-state index < -0.39 is 6.04 Å². The molecule has 2 fully saturated rings. The molecule has 1 atom stereocenters. The molecule has 3 amide bonds. The SMILES string of the molecule is CNCC(=O)NC(C(=O)N1CCN(C(=O)c2ccc3cc(C)cn3c2)CC1)C1CCCCC1. The van der Waals surface area contributed by atoms with Crippen LogP contribution >= 0.6 is 0 Å². The zero-order valence-corrected chi connectivity index (χ0v) is 19.7. The summed E-state index contributed by atoms with van der Waals surface area (Å²) in [6.07, 6.45) is 9.21. The standard InChI is InChI=1S/C25H35N5O3/c1-18-14-21-9-8-20(17-30(21)16-18)24(32)28-10-12-29(13-11-28)25(33)23(27-22(31)15-26-2)19-6-4-3-5-7-19/h8-9,14,16-17,19,23,26H,3-7,10-13,15H2,1-2H3,(H,27,31). The lowest BCUT2D eigenvalue weighted by atomic mass is 9.83. The minimum Gasteiger partial charge on any atom is -0.343 e.